The first-order chi connectivity index (χ1) is 8.86. The molecule has 0 spiro atoms. The topological polar surface area (TPSA) is 50.9 Å². The van der Waals surface area contributed by atoms with Gasteiger partial charge in [-0.25, -0.2) is 0 Å². The molecule has 0 bridgehead atoms. The molecule has 1 aromatic heterocycles. The van der Waals surface area contributed by atoms with Crippen LogP contribution in [-0.4, -0.2) is 4.98 Å². The van der Waals surface area contributed by atoms with E-state index in [2.05, 4.69) is 28.6 Å². The van der Waals surface area contributed by atoms with E-state index in [1.807, 2.05) is 11.7 Å². The third kappa shape index (κ3) is 2.32. The highest BCUT2D eigenvalue weighted by Crippen LogP contribution is 2.26. The third-order valence-corrected chi connectivity index (χ3v) is 4.49. The van der Waals surface area contributed by atoms with Crippen molar-refractivity contribution < 1.29 is 0 Å². The van der Waals surface area contributed by atoms with Gasteiger partial charge in [0, 0.05) is 11.1 Å². The van der Waals surface area contributed by atoms with Gasteiger partial charge >= 0.3 is 0 Å². The van der Waals surface area contributed by atoms with Crippen molar-refractivity contribution in [3.05, 3.63) is 51.5 Å². The summed E-state index contributed by atoms with van der Waals surface area (Å²) < 4.78 is 0. The van der Waals surface area contributed by atoms with Crippen LogP contribution in [0.1, 0.15) is 34.0 Å². The largest absolute Gasteiger partial charge is 0.271 e. The Hall–Kier alpha value is -1.23. The smallest absolute Gasteiger partial charge is 0.0794 e. The molecular weight excluding hydrogens is 242 g/mol. The molecule has 0 fully saturated rings. The van der Waals surface area contributed by atoms with Crippen molar-refractivity contribution in [2.75, 3.05) is 0 Å². The van der Waals surface area contributed by atoms with Gasteiger partial charge in [0.1, 0.15) is 0 Å². The van der Waals surface area contributed by atoms with Crippen molar-refractivity contribution in [3.63, 3.8) is 0 Å². The normalized spacial score (nSPS) is 15.6. The zero-order chi connectivity index (χ0) is 12.4. The minimum atomic E-state index is 0.164. The number of nitrogens with two attached hydrogens (primary N) is 1. The lowest BCUT2D eigenvalue weighted by Gasteiger charge is -2.14. The Bertz CT molecular complexity index is 522. The highest BCUT2D eigenvalue weighted by atomic mass is 32.1. The molecule has 0 saturated carbocycles. The molecule has 2 aromatic rings. The Morgan fingerprint density at radius 2 is 2.22 bits per heavy atom. The predicted octanol–water partition coefficient (Wildman–Crippen LogP) is 2.38. The van der Waals surface area contributed by atoms with Crippen molar-refractivity contribution in [1.29, 1.82) is 0 Å². The summed E-state index contributed by atoms with van der Waals surface area (Å²) >= 11 is 1.65. The molecule has 0 amide bonds. The number of nitrogens with one attached hydrogen (secondary N) is 1. The number of rotatable bonds is 4. The fraction of sp³-hybridized carbons (Fsp3) is 0.357. The van der Waals surface area contributed by atoms with Crippen LogP contribution in [-0.2, 0) is 19.3 Å². The molecule has 3 rings (SSSR count). The zero-order valence-electron chi connectivity index (χ0n) is 10.2. The molecule has 18 heavy (non-hydrogen) atoms. The van der Waals surface area contributed by atoms with Gasteiger partial charge in [-0.15, -0.1) is 11.3 Å². The van der Waals surface area contributed by atoms with Crippen molar-refractivity contribution in [2.24, 2.45) is 5.84 Å². The molecule has 0 radical (unpaired) electrons. The van der Waals surface area contributed by atoms with Gasteiger partial charge in [-0.3, -0.25) is 16.3 Å². The van der Waals surface area contributed by atoms with Crippen LogP contribution >= 0.6 is 11.3 Å². The van der Waals surface area contributed by atoms with Crippen LogP contribution in [0.4, 0.5) is 0 Å². The first-order valence-corrected chi connectivity index (χ1v) is 7.20. The number of thiazole rings is 1. The maximum Gasteiger partial charge on any atom is 0.0794 e. The van der Waals surface area contributed by atoms with Crippen LogP contribution in [0.2, 0.25) is 0 Å². The van der Waals surface area contributed by atoms with Gasteiger partial charge in [-0.1, -0.05) is 18.2 Å². The van der Waals surface area contributed by atoms with E-state index in [9.17, 15) is 0 Å². The number of hydrogen-bond acceptors (Lipinski definition) is 4. The summed E-state index contributed by atoms with van der Waals surface area (Å²) in [5.74, 6) is 5.65. The molecule has 1 atom stereocenters. The molecule has 94 valence electrons. The maximum atomic E-state index is 5.65. The van der Waals surface area contributed by atoms with E-state index in [-0.39, 0.29) is 6.04 Å². The average Bonchev–Trinajstić information content (AvgIpc) is 3.06. The van der Waals surface area contributed by atoms with E-state index in [1.165, 1.54) is 40.8 Å². The van der Waals surface area contributed by atoms with Crippen LogP contribution in [0.15, 0.2) is 29.9 Å². The lowest BCUT2D eigenvalue weighted by Crippen LogP contribution is -2.29. The van der Waals surface area contributed by atoms with Crippen molar-refractivity contribution in [2.45, 2.75) is 31.7 Å². The number of nitrogens with zero attached hydrogens (tertiary/aromatic N) is 1. The van der Waals surface area contributed by atoms with Gasteiger partial charge in [0.15, 0.2) is 0 Å². The van der Waals surface area contributed by atoms with Crippen molar-refractivity contribution in [3.8, 4) is 0 Å². The Morgan fingerprint density at radius 3 is 3.00 bits per heavy atom. The minimum Gasteiger partial charge on any atom is -0.271 e. The quantitative estimate of drug-likeness (QED) is 0.655. The second kappa shape index (κ2) is 5.18. The Morgan fingerprint density at radius 1 is 1.33 bits per heavy atom. The van der Waals surface area contributed by atoms with Crippen LogP contribution < -0.4 is 11.3 Å². The molecule has 0 saturated heterocycles. The Balaban J connectivity index is 1.79. The molecule has 3 N–H and O–H groups in total. The summed E-state index contributed by atoms with van der Waals surface area (Å²) in [6, 6.07) is 7.01. The van der Waals surface area contributed by atoms with Gasteiger partial charge in [-0.2, -0.15) is 0 Å². The van der Waals surface area contributed by atoms with E-state index >= 15 is 0 Å². The molecule has 0 aliphatic heterocycles. The molecule has 1 unspecified atom stereocenters. The first-order valence-electron chi connectivity index (χ1n) is 6.32. The number of benzene rings is 1. The van der Waals surface area contributed by atoms with E-state index in [4.69, 9.17) is 5.84 Å². The van der Waals surface area contributed by atoms with Gasteiger partial charge in [0.2, 0.25) is 0 Å². The molecule has 1 aromatic carbocycles. The summed E-state index contributed by atoms with van der Waals surface area (Å²) in [4.78, 5) is 5.31. The summed E-state index contributed by atoms with van der Waals surface area (Å²) in [7, 11) is 0. The average molecular weight is 259 g/mol. The van der Waals surface area contributed by atoms with E-state index in [0.717, 1.165) is 6.42 Å². The summed E-state index contributed by atoms with van der Waals surface area (Å²) in [6.07, 6.45) is 6.58. The number of hydrazine groups is 1. The second-order valence-corrected chi connectivity index (χ2v) is 5.70. The second-order valence-electron chi connectivity index (χ2n) is 4.78. The summed E-state index contributed by atoms with van der Waals surface area (Å²) in [6.45, 7) is 0. The van der Waals surface area contributed by atoms with E-state index < -0.39 is 0 Å². The Labute approximate surface area is 111 Å². The first kappa shape index (κ1) is 11.8. The molecule has 1 aliphatic rings. The number of aryl methyl sites for hydroxylation is 2. The van der Waals surface area contributed by atoms with Crippen molar-refractivity contribution >= 4 is 11.3 Å². The summed E-state index contributed by atoms with van der Waals surface area (Å²) in [5, 5.41) is 0. The van der Waals surface area contributed by atoms with Crippen LogP contribution in [0, 0.1) is 0 Å². The maximum absolute atomic E-state index is 5.65. The Kier molecular flexibility index (Phi) is 3.41. The van der Waals surface area contributed by atoms with Gasteiger partial charge < -0.3 is 0 Å². The SMILES string of the molecule is NNC(Cc1ccc2c(c1)CCC2)c1cncs1. The van der Waals surface area contributed by atoms with Crippen LogP contribution in [0.3, 0.4) is 0 Å². The molecule has 4 heteroatoms. The third-order valence-electron chi connectivity index (χ3n) is 3.60. The monoisotopic (exact) mass is 259 g/mol. The molecular formula is C14H17N3S. The predicted molar refractivity (Wildman–Crippen MR) is 74.3 cm³/mol. The fourth-order valence-corrected chi connectivity index (χ4v) is 3.31. The van der Waals surface area contributed by atoms with Gasteiger partial charge in [0.25, 0.3) is 0 Å². The van der Waals surface area contributed by atoms with Gasteiger partial charge in [0.05, 0.1) is 11.6 Å². The molecule has 1 aliphatic carbocycles. The number of hydrogen-bond donors (Lipinski definition) is 2. The standard InChI is InChI=1S/C14H17N3S/c15-17-13(14-8-16-9-18-14)7-10-4-5-11-2-1-3-12(11)6-10/h4-6,8-9,13,17H,1-3,7,15H2. The number of aromatic nitrogens is 1. The van der Waals surface area contributed by atoms with Crippen LogP contribution in [0.5, 0.6) is 0 Å². The lowest BCUT2D eigenvalue weighted by atomic mass is 10.0. The van der Waals surface area contributed by atoms with Gasteiger partial charge in [-0.05, 0) is 42.4 Å². The highest BCUT2D eigenvalue weighted by Gasteiger charge is 2.15. The number of fused-ring (bicyclic) bond motifs is 1. The summed E-state index contributed by atoms with van der Waals surface area (Å²) in [5.41, 5.74) is 9.14. The minimum absolute atomic E-state index is 0.164. The lowest BCUT2D eigenvalue weighted by molar-refractivity contribution is 0.559. The fourth-order valence-electron chi connectivity index (χ4n) is 2.63. The molecule has 1 heterocycles. The highest BCUT2D eigenvalue weighted by molar-refractivity contribution is 7.09. The van der Waals surface area contributed by atoms with E-state index in [1.54, 1.807) is 11.3 Å². The molecule has 3 nitrogen and oxygen atoms in total. The van der Waals surface area contributed by atoms with E-state index in [0.29, 0.717) is 0 Å². The van der Waals surface area contributed by atoms with Crippen molar-refractivity contribution in [1.82, 2.24) is 10.4 Å². The zero-order valence-corrected chi connectivity index (χ0v) is 11.0. The van der Waals surface area contributed by atoms with Crippen LogP contribution in [0.25, 0.3) is 0 Å².